The molecular weight excluding hydrogens is 291 g/mol. The molecule has 2 N–H and O–H groups in total. The van der Waals surface area contributed by atoms with Gasteiger partial charge in [0.15, 0.2) is 6.23 Å². The first-order chi connectivity index (χ1) is 11.2. The monoisotopic (exact) mass is 312 g/mol. The third kappa shape index (κ3) is 1.89. The maximum Gasteiger partial charge on any atom is 0.489 e. The number of hydrogen-bond donors (Lipinski definition) is 2. The van der Waals surface area contributed by atoms with Crippen LogP contribution in [0.2, 0.25) is 0 Å². The number of hydrogen-bond acceptors (Lipinski definition) is 4. The van der Waals surface area contributed by atoms with Crippen molar-refractivity contribution in [3.8, 4) is 0 Å². The van der Waals surface area contributed by atoms with Crippen molar-refractivity contribution in [1.82, 2.24) is 9.78 Å². The Morgan fingerprint density at radius 1 is 1.22 bits per heavy atom. The standard InChI is InChI=1S/C17H21BN2O3/c21-18(22)16-12-10-19-20(15-3-1-2-6-23-15)14(12)5-4-13(16)17-7-11(8-17)9-17/h4-5,10-11,15,21-22H,1-3,6-9H2. The Kier molecular flexibility index (Phi) is 2.94. The highest BCUT2D eigenvalue weighted by Crippen LogP contribution is 2.64. The van der Waals surface area contributed by atoms with E-state index in [9.17, 15) is 10.0 Å². The highest BCUT2D eigenvalue weighted by Gasteiger charge is 2.58. The molecule has 1 aromatic heterocycles. The molecule has 3 saturated carbocycles. The summed E-state index contributed by atoms with van der Waals surface area (Å²) in [6.45, 7) is 0.768. The summed E-state index contributed by atoms with van der Waals surface area (Å²) in [6, 6.07) is 4.18. The van der Waals surface area contributed by atoms with E-state index in [2.05, 4.69) is 17.2 Å². The molecule has 2 bridgehead atoms. The highest BCUT2D eigenvalue weighted by atomic mass is 16.5. The van der Waals surface area contributed by atoms with Crippen molar-refractivity contribution in [3.05, 3.63) is 23.9 Å². The molecule has 1 aromatic carbocycles. The first-order valence-electron chi connectivity index (χ1n) is 8.66. The Balaban J connectivity index is 1.64. The van der Waals surface area contributed by atoms with Crippen LogP contribution in [0.5, 0.6) is 0 Å². The number of nitrogens with zero attached hydrogens (tertiary/aromatic N) is 2. The van der Waals surface area contributed by atoms with Crippen molar-refractivity contribution in [2.45, 2.75) is 50.2 Å². The van der Waals surface area contributed by atoms with E-state index in [1.165, 1.54) is 19.3 Å². The van der Waals surface area contributed by atoms with Gasteiger partial charge in [0, 0.05) is 12.0 Å². The van der Waals surface area contributed by atoms with Crippen LogP contribution in [0.4, 0.5) is 0 Å². The molecule has 1 saturated heterocycles. The lowest BCUT2D eigenvalue weighted by Crippen LogP contribution is -2.58. The van der Waals surface area contributed by atoms with Crippen LogP contribution in [0.25, 0.3) is 10.9 Å². The Morgan fingerprint density at radius 3 is 2.65 bits per heavy atom. The zero-order valence-corrected chi connectivity index (χ0v) is 13.1. The van der Waals surface area contributed by atoms with Crippen LogP contribution in [0, 0.1) is 5.92 Å². The molecule has 2 heterocycles. The molecule has 6 heteroatoms. The molecule has 120 valence electrons. The Morgan fingerprint density at radius 2 is 2.04 bits per heavy atom. The number of aromatic nitrogens is 2. The van der Waals surface area contributed by atoms with E-state index in [1.807, 2.05) is 4.68 Å². The van der Waals surface area contributed by atoms with Gasteiger partial charge in [-0.3, -0.25) is 0 Å². The molecular formula is C17H21BN2O3. The van der Waals surface area contributed by atoms with Crippen LogP contribution in [-0.2, 0) is 10.2 Å². The maximum absolute atomic E-state index is 10.0. The van der Waals surface area contributed by atoms with Gasteiger partial charge < -0.3 is 14.8 Å². The Bertz CT molecular complexity index is 750. The van der Waals surface area contributed by atoms with E-state index >= 15 is 0 Å². The minimum absolute atomic E-state index is 0.0364. The van der Waals surface area contributed by atoms with E-state index in [0.29, 0.717) is 5.46 Å². The second kappa shape index (κ2) is 4.82. The van der Waals surface area contributed by atoms with E-state index in [0.717, 1.165) is 48.3 Å². The van der Waals surface area contributed by atoms with Crippen LogP contribution in [-0.4, -0.2) is 33.6 Å². The molecule has 5 nitrogen and oxygen atoms in total. The van der Waals surface area contributed by atoms with Crippen LogP contribution >= 0.6 is 0 Å². The van der Waals surface area contributed by atoms with E-state index < -0.39 is 7.12 Å². The molecule has 1 atom stereocenters. The molecule has 4 fully saturated rings. The third-order valence-electron chi connectivity index (χ3n) is 6.12. The lowest BCUT2D eigenvalue weighted by atomic mass is 9.40. The van der Waals surface area contributed by atoms with Gasteiger partial charge in [0.1, 0.15) is 0 Å². The number of ether oxygens (including phenoxy) is 1. The second-order valence-corrected chi connectivity index (χ2v) is 7.50. The fourth-order valence-corrected chi connectivity index (χ4v) is 4.84. The molecule has 3 aliphatic carbocycles. The van der Waals surface area contributed by atoms with Crippen molar-refractivity contribution in [2.24, 2.45) is 5.92 Å². The summed E-state index contributed by atoms with van der Waals surface area (Å²) in [4.78, 5) is 0. The van der Waals surface area contributed by atoms with Crippen LogP contribution < -0.4 is 5.46 Å². The Labute approximate surface area is 135 Å². The molecule has 1 unspecified atom stereocenters. The van der Waals surface area contributed by atoms with E-state index in [1.54, 1.807) is 6.20 Å². The largest absolute Gasteiger partial charge is 0.489 e. The molecule has 2 aromatic rings. The maximum atomic E-state index is 10.0. The highest BCUT2D eigenvalue weighted by molar-refractivity contribution is 6.62. The Hall–Kier alpha value is -1.37. The van der Waals surface area contributed by atoms with Crippen molar-refractivity contribution in [1.29, 1.82) is 0 Å². The van der Waals surface area contributed by atoms with Crippen LogP contribution in [0.3, 0.4) is 0 Å². The normalized spacial score (nSPS) is 32.4. The summed E-state index contributed by atoms with van der Waals surface area (Å²) in [5.74, 6) is 0.854. The predicted molar refractivity (Wildman–Crippen MR) is 87.4 cm³/mol. The SMILES string of the molecule is OB(O)c1c(C23CC(C2)C3)ccc2c1cnn2C1CCCCO1. The van der Waals surface area contributed by atoms with Gasteiger partial charge in [-0.25, -0.2) is 4.68 Å². The summed E-state index contributed by atoms with van der Waals surface area (Å²) >= 11 is 0. The first-order valence-corrected chi connectivity index (χ1v) is 8.66. The van der Waals surface area contributed by atoms with Crippen molar-refractivity contribution in [2.75, 3.05) is 6.61 Å². The number of rotatable bonds is 3. The summed E-state index contributed by atoms with van der Waals surface area (Å²) in [7, 11) is -1.45. The number of fused-ring (bicyclic) bond motifs is 1. The zero-order chi connectivity index (χ0) is 15.6. The second-order valence-electron chi connectivity index (χ2n) is 7.50. The van der Waals surface area contributed by atoms with Gasteiger partial charge in [-0.15, -0.1) is 0 Å². The first kappa shape index (κ1) is 14.0. The average molecular weight is 312 g/mol. The molecule has 0 radical (unpaired) electrons. The minimum atomic E-state index is -1.45. The van der Waals surface area contributed by atoms with Gasteiger partial charge in [-0.05, 0) is 67.0 Å². The van der Waals surface area contributed by atoms with Gasteiger partial charge in [-0.1, -0.05) is 6.07 Å². The molecule has 1 aliphatic heterocycles. The van der Waals surface area contributed by atoms with Gasteiger partial charge in [0.05, 0.1) is 11.7 Å². The van der Waals surface area contributed by atoms with Crippen molar-refractivity contribution in [3.63, 3.8) is 0 Å². The van der Waals surface area contributed by atoms with E-state index in [-0.39, 0.29) is 11.6 Å². The average Bonchev–Trinajstić information content (AvgIpc) is 2.88. The van der Waals surface area contributed by atoms with Crippen molar-refractivity contribution < 1.29 is 14.8 Å². The predicted octanol–water partition coefficient (Wildman–Crippen LogP) is 1.47. The number of benzene rings is 1. The zero-order valence-electron chi connectivity index (χ0n) is 13.1. The summed E-state index contributed by atoms with van der Waals surface area (Å²) < 4.78 is 7.75. The van der Waals surface area contributed by atoms with Gasteiger partial charge in [0.25, 0.3) is 0 Å². The molecule has 0 amide bonds. The van der Waals surface area contributed by atoms with Crippen LogP contribution in [0.1, 0.15) is 50.3 Å². The summed E-state index contributed by atoms with van der Waals surface area (Å²) in [5.41, 5.74) is 2.91. The molecule has 0 spiro atoms. The lowest BCUT2D eigenvalue weighted by molar-refractivity contribution is -0.0367. The van der Waals surface area contributed by atoms with Crippen molar-refractivity contribution >= 4 is 23.5 Å². The quantitative estimate of drug-likeness (QED) is 0.842. The summed E-state index contributed by atoms with van der Waals surface area (Å²) in [5, 5.41) is 25.4. The topological polar surface area (TPSA) is 67.5 Å². The third-order valence-corrected chi connectivity index (χ3v) is 6.12. The van der Waals surface area contributed by atoms with Gasteiger partial charge in [0.2, 0.25) is 0 Å². The molecule has 23 heavy (non-hydrogen) atoms. The lowest BCUT2D eigenvalue weighted by Gasteiger charge is -2.63. The van der Waals surface area contributed by atoms with Gasteiger partial charge >= 0.3 is 7.12 Å². The molecule has 6 rings (SSSR count). The fraction of sp³-hybridized carbons (Fsp3) is 0.588. The van der Waals surface area contributed by atoms with Crippen LogP contribution in [0.15, 0.2) is 18.3 Å². The smallest absolute Gasteiger partial charge is 0.423 e. The molecule has 4 aliphatic rings. The summed E-state index contributed by atoms with van der Waals surface area (Å²) in [6.07, 6.45) is 8.52. The minimum Gasteiger partial charge on any atom is -0.423 e. The fourth-order valence-electron chi connectivity index (χ4n) is 4.84. The van der Waals surface area contributed by atoms with E-state index in [4.69, 9.17) is 4.74 Å². The van der Waals surface area contributed by atoms with Gasteiger partial charge in [-0.2, -0.15) is 5.10 Å².